The summed E-state index contributed by atoms with van der Waals surface area (Å²) in [5, 5.41) is 12.1. The summed E-state index contributed by atoms with van der Waals surface area (Å²) >= 11 is 0. The van der Waals surface area contributed by atoms with Crippen LogP contribution in [0.4, 0.5) is 18.9 Å². The molecule has 4 rings (SSSR count). The number of aryl methyl sites for hydroxylation is 1. The minimum Gasteiger partial charge on any atom is -0.475 e. The zero-order valence-corrected chi connectivity index (χ0v) is 18.6. The largest absolute Gasteiger partial charge is 0.490 e. The fourth-order valence-electron chi connectivity index (χ4n) is 3.63. The highest BCUT2D eigenvalue weighted by Gasteiger charge is 2.38. The van der Waals surface area contributed by atoms with E-state index in [0.717, 1.165) is 32.8 Å². The number of carboxylic acid groups (broad SMARTS) is 1. The number of alkyl halides is 3. The van der Waals surface area contributed by atoms with E-state index in [2.05, 4.69) is 77.6 Å². The molecule has 3 N–H and O–H groups in total. The van der Waals surface area contributed by atoms with Gasteiger partial charge in [-0.05, 0) is 54.6 Å². The molecule has 0 spiro atoms. The first-order valence-electron chi connectivity index (χ1n) is 10.7. The van der Waals surface area contributed by atoms with Gasteiger partial charge in [-0.2, -0.15) is 13.2 Å². The van der Waals surface area contributed by atoms with E-state index in [1.54, 1.807) is 0 Å². The van der Waals surface area contributed by atoms with Crippen molar-refractivity contribution in [3.8, 4) is 0 Å². The molecule has 0 radical (unpaired) electrons. The third-order valence-electron chi connectivity index (χ3n) is 5.42. The van der Waals surface area contributed by atoms with Crippen molar-refractivity contribution in [3.63, 3.8) is 0 Å². The number of ether oxygens (including phenoxy) is 1. The molecule has 1 aliphatic heterocycles. The number of halogens is 3. The van der Waals surface area contributed by atoms with Crippen LogP contribution in [0.2, 0.25) is 0 Å². The first-order valence-corrected chi connectivity index (χ1v) is 10.7. The third-order valence-corrected chi connectivity index (χ3v) is 5.42. The average molecular weight is 464 g/mol. The minimum absolute atomic E-state index is 0.303. The van der Waals surface area contributed by atoms with Gasteiger partial charge in [0.25, 0.3) is 0 Å². The van der Waals surface area contributed by atoms with Gasteiger partial charge in [0.1, 0.15) is 0 Å². The van der Waals surface area contributed by atoms with Crippen LogP contribution in [0.5, 0.6) is 0 Å². The average Bonchev–Trinajstić information content (AvgIpc) is 3.17. The molecule has 0 amide bonds. The van der Waals surface area contributed by atoms with Crippen LogP contribution in [0.15, 0.2) is 48.5 Å². The molecule has 0 saturated carbocycles. The summed E-state index contributed by atoms with van der Waals surface area (Å²) in [4.78, 5) is 14.7. The van der Waals surface area contributed by atoms with Gasteiger partial charge in [0, 0.05) is 42.6 Å². The lowest BCUT2D eigenvalue weighted by molar-refractivity contribution is -0.192. The van der Waals surface area contributed by atoms with Crippen molar-refractivity contribution in [2.24, 2.45) is 0 Å². The summed E-state index contributed by atoms with van der Waals surface area (Å²) in [6.07, 6.45) is -5.08. The smallest absolute Gasteiger partial charge is 0.475 e. The number of rotatable bonds is 5. The quantitative estimate of drug-likeness (QED) is 0.507. The van der Waals surface area contributed by atoms with Crippen LogP contribution in [0, 0.1) is 6.92 Å². The number of H-pyrrole nitrogens is 1. The Morgan fingerprint density at radius 2 is 1.88 bits per heavy atom. The summed E-state index contributed by atoms with van der Waals surface area (Å²) in [7, 11) is 0. The maximum Gasteiger partial charge on any atom is 0.490 e. The van der Waals surface area contributed by atoms with Crippen molar-refractivity contribution in [1.82, 2.24) is 10.3 Å². The Kier molecular flexibility index (Phi) is 7.99. The molecule has 33 heavy (non-hydrogen) atoms. The highest BCUT2D eigenvalue weighted by Crippen LogP contribution is 2.22. The third kappa shape index (κ3) is 6.97. The molecule has 1 unspecified atom stereocenters. The van der Waals surface area contributed by atoms with E-state index < -0.39 is 12.1 Å². The molecule has 1 atom stereocenters. The molecule has 1 aliphatic rings. The Bertz CT molecular complexity index is 1080. The molecule has 0 aliphatic carbocycles. The van der Waals surface area contributed by atoms with Crippen molar-refractivity contribution < 1.29 is 27.8 Å². The van der Waals surface area contributed by atoms with Crippen molar-refractivity contribution in [3.05, 3.63) is 65.4 Å². The van der Waals surface area contributed by atoms with Gasteiger partial charge in [0.2, 0.25) is 0 Å². The van der Waals surface area contributed by atoms with E-state index in [1.807, 2.05) is 0 Å². The van der Waals surface area contributed by atoms with E-state index in [0.29, 0.717) is 6.04 Å². The first kappa shape index (κ1) is 24.6. The zero-order valence-electron chi connectivity index (χ0n) is 18.6. The van der Waals surface area contributed by atoms with E-state index in [1.165, 1.54) is 33.4 Å². The molecule has 9 heteroatoms. The normalized spacial score (nSPS) is 15.1. The molecule has 6 nitrogen and oxygen atoms in total. The number of carbonyl (C=O) groups is 1. The number of hydrogen-bond acceptors (Lipinski definition) is 4. The minimum atomic E-state index is -5.08. The second-order valence-corrected chi connectivity index (χ2v) is 7.97. The van der Waals surface area contributed by atoms with E-state index in [4.69, 9.17) is 14.6 Å². The molecular formula is C24H28F3N3O3. The zero-order chi connectivity index (χ0) is 24.0. The number of hydrogen-bond donors (Lipinski definition) is 3. The molecule has 1 fully saturated rings. The highest BCUT2D eigenvalue weighted by atomic mass is 19.4. The van der Waals surface area contributed by atoms with Crippen LogP contribution in [-0.2, 0) is 16.1 Å². The molecule has 1 saturated heterocycles. The van der Waals surface area contributed by atoms with E-state index in [-0.39, 0.29) is 0 Å². The number of aromatic amines is 1. The highest BCUT2D eigenvalue weighted by molar-refractivity contribution is 5.81. The Labute approximate surface area is 190 Å². The lowest BCUT2D eigenvalue weighted by Gasteiger charge is -2.29. The fraction of sp³-hybridized carbons (Fsp3) is 0.375. The maximum atomic E-state index is 10.6. The fourth-order valence-corrected chi connectivity index (χ4v) is 3.63. The number of aromatic nitrogens is 1. The molecular weight excluding hydrogens is 435 g/mol. The van der Waals surface area contributed by atoms with Crippen LogP contribution in [0.3, 0.4) is 0 Å². The van der Waals surface area contributed by atoms with Crippen LogP contribution in [-0.4, -0.2) is 48.5 Å². The molecule has 2 aromatic carbocycles. The topological polar surface area (TPSA) is 77.6 Å². The van der Waals surface area contributed by atoms with Crippen molar-refractivity contribution in [2.75, 3.05) is 31.2 Å². The summed E-state index contributed by atoms with van der Waals surface area (Å²) in [6.45, 7) is 8.77. The van der Waals surface area contributed by atoms with Crippen molar-refractivity contribution in [1.29, 1.82) is 0 Å². The van der Waals surface area contributed by atoms with E-state index >= 15 is 0 Å². The standard InChI is InChI=1S/C22H27N3O.C2HF3O2/c1-16-12-20-7-6-18(13-22(20)24-16)15-23-17(2)19-4-3-5-21(14-19)25-8-10-26-11-9-25;3-2(4,5)1(6)7/h3-7,12-14,17,23-24H,8-11,15H2,1-2H3;(H,6,7). The first-order chi connectivity index (χ1) is 15.6. The predicted octanol–water partition coefficient (Wildman–Crippen LogP) is 4.80. The number of morpholine rings is 1. The van der Waals surface area contributed by atoms with Gasteiger partial charge in [-0.1, -0.05) is 24.3 Å². The number of aliphatic carboxylic acids is 1. The van der Waals surface area contributed by atoms with Crippen molar-refractivity contribution >= 4 is 22.6 Å². The maximum absolute atomic E-state index is 10.6. The second-order valence-electron chi connectivity index (χ2n) is 7.97. The summed E-state index contributed by atoms with van der Waals surface area (Å²) < 4.78 is 37.2. The molecule has 1 aromatic heterocycles. The summed E-state index contributed by atoms with van der Waals surface area (Å²) in [5.41, 5.74) is 6.34. The number of nitrogens with one attached hydrogen (secondary N) is 2. The Morgan fingerprint density at radius 1 is 1.18 bits per heavy atom. The van der Waals surface area contributed by atoms with Gasteiger partial charge in [0.15, 0.2) is 0 Å². The predicted molar refractivity (Wildman–Crippen MR) is 121 cm³/mol. The van der Waals surface area contributed by atoms with Gasteiger partial charge >= 0.3 is 12.1 Å². The number of benzene rings is 2. The van der Waals surface area contributed by atoms with Crippen LogP contribution < -0.4 is 10.2 Å². The Morgan fingerprint density at radius 3 is 2.55 bits per heavy atom. The van der Waals surface area contributed by atoms with Crippen LogP contribution in [0.25, 0.3) is 10.9 Å². The van der Waals surface area contributed by atoms with Gasteiger partial charge in [-0.3, -0.25) is 0 Å². The Balaban J connectivity index is 0.000000383. The van der Waals surface area contributed by atoms with Gasteiger partial charge in [-0.25, -0.2) is 4.79 Å². The van der Waals surface area contributed by atoms with Gasteiger partial charge in [-0.15, -0.1) is 0 Å². The van der Waals surface area contributed by atoms with E-state index in [9.17, 15) is 13.2 Å². The lowest BCUT2D eigenvalue weighted by Crippen LogP contribution is -2.36. The summed E-state index contributed by atoms with van der Waals surface area (Å²) in [6, 6.07) is 18.0. The van der Waals surface area contributed by atoms with Crippen molar-refractivity contribution in [2.45, 2.75) is 32.6 Å². The number of carboxylic acids is 1. The molecule has 3 aromatic rings. The molecule has 0 bridgehead atoms. The number of anilines is 1. The number of nitrogens with zero attached hydrogens (tertiary/aromatic N) is 1. The molecule has 2 heterocycles. The van der Waals surface area contributed by atoms with Crippen LogP contribution >= 0.6 is 0 Å². The van der Waals surface area contributed by atoms with Gasteiger partial charge in [0.05, 0.1) is 13.2 Å². The van der Waals surface area contributed by atoms with Crippen LogP contribution in [0.1, 0.15) is 29.8 Å². The molecule has 178 valence electrons. The summed E-state index contributed by atoms with van der Waals surface area (Å²) in [5.74, 6) is -2.76. The lowest BCUT2D eigenvalue weighted by atomic mass is 10.1. The van der Waals surface area contributed by atoms with Gasteiger partial charge < -0.3 is 25.0 Å². The second kappa shape index (κ2) is 10.7. The monoisotopic (exact) mass is 463 g/mol. The number of fused-ring (bicyclic) bond motifs is 1. The Hall–Kier alpha value is -3.04. The SMILES string of the molecule is Cc1cc2ccc(CNC(C)c3cccc(N4CCOCC4)c3)cc2[nH]1.O=C(O)C(F)(F)F.